The van der Waals surface area contributed by atoms with Crippen LogP contribution >= 0.6 is 11.8 Å². The van der Waals surface area contributed by atoms with Crippen LogP contribution in [0.5, 0.6) is 0 Å². The Morgan fingerprint density at radius 2 is 2.00 bits per heavy atom. The first-order valence-corrected chi connectivity index (χ1v) is 8.11. The van der Waals surface area contributed by atoms with E-state index in [1.54, 1.807) is 0 Å². The van der Waals surface area contributed by atoms with E-state index in [-0.39, 0.29) is 0 Å². The molecule has 92 valence electrons. The number of rotatable bonds is 4. The van der Waals surface area contributed by atoms with Crippen LogP contribution in [0.4, 0.5) is 0 Å². The quantitative estimate of drug-likeness (QED) is 0.807. The molecule has 3 aliphatic rings. The van der Waals surface area contributed by atoms with Crippen LogP contribution in [0, 0.1) is 11.8 Å². The molecule has 1 heterocycles. The van der Waals surface area contributed by atoms with E-state index < -0.39 is 0 Å². The molecule has 3 rings (SSSR count). The molecule has 2 bridgehead atoms. The zero-order valence-corrected chi connectivity index (χ0v) is 11.0. The minimum absolute atomic E-state index is 0.873. The fourth-order valence-corrected chi connectivity index (χ4v) is 4.71. The van der Waals surface area contributed by atoms with Crippen LogP contribution in [0.15, 0.2) is 0 Å². The van der Waals surface area contributed by atoms with Gasteiger partial charge >= 0.3 is 0 Å². The summed E-state index contributed by atoms with van der Waals surface area (Å²) in [6, 6.07) is 0.873. The van der Waals surface area contributed by atoms with Gasteiger partial charge in [0, 0.05) is 43.7 Å². The molecule has 3 unspecified atom stereocenters. The van der Waals surface area contributed by atoms with Gasteiger partial charge in [-0.3, -0.25) is 0 Å². The SMILES string of the molecule is C(CN1CCSCC1)NC1CC2CCC1C2. The van der Waals surface area contributed by atoms with E-state index in [4.69, 9.17) is 0 Å². The first-order chi connectivity index (χ1) is 7.92. The maximum absolute atomic E-state index is 3.81. The maximum atomic E-state index is 3.81. The van der Waals surface area contributed by atoms with Crippen molar-refractivity contribution in [1.29, 1.82) is 0 Å². The van der Waals surface area contributed by atoms with E-state index in [2.05, 4.69) is 22.0 Å². The number of hydrogen-bond acceptors (Lipinski definition) is 3. The number of hydrogen-bond donors (Lipinski definition) is 1. The Kier molecular flexibility index (Phi) is 3.75. The lowest BCUT2D eigenvalue weighted by Gasteiger charge is -2.28. The molecule has 3 heteroatoms. The van der Waals surface area contributed by atoms with Crippen molar-refractivity contribution in [2.45, 2.75) is 31.7 Å². The molecule has 1 aliphatic heterocycles. The summed E-state index contributed by atoms with van der Waals surface area (Å²) in [5, 5.41) is 3.81. The van der Waals surface area contributed by atoms with Crippen molar-refractivity contribution in [3.05, 3.63) is 0 Å². The molecule has 0 radical (unpaired) electrons. The third-order valence-corrected chi connectivity index (χ3v) is 5.62. The highest BCUT2D eigenvalue weighted by atomic mass is 32.2. The Balaban J connectivity index is 1.34. The summed E-state index contributed by atoms with van der Waals surface area (Å²) in [4.78, 5) is 2.62. The third-order valence-electron chi connectivity index (χ3n) is 4.68. The third kappa shape index (κ3) is 2.57. The monoisotopic (exact) mass is 240 g/mol. The topological polar surface area (TPSA) is 15.3 Å². The summed E-state index contributed by atoms with van der Waals surface area (Å²) < 4.78 is 0. The molecule has 2 nitrogen and oxygen atoms in total. The van der Waals surface area contributed by atoms with Gasteiger partial charge in [-0.1, -0.05) is 6.42 Å². The summed E-state index contributed by atoms with van der Waals surface area (Å²) in [6.07, 6.45) is 6.02. The Morgan fingerprint density at radius 1 is 1.12 bits per heavy atom. The molecule has 0 aromatic rings. The smallest absolute Gasteiger partial charge is 0.0108 e. The van der Waals surface area contributed by atoms with E-state index in [1.165, 1.54) is 63.4 Å². The van der Waals surface area contributed by atoms with Gasteiger partial charge in [-0.05, 0) is 31.1 Å². The van der Waals surface area contributed by atoms with Crippen LogP contribution in [0.25, 0.3) is 0 Å². The lowest BCUT2D eigenvalue weighted by atomic mass is 9.95. The molecule has 1 saturated heterocycles. The van der Waals surface area contributed by atoms with Gasteiger partial charge in [0.1, 0.15) is 0 Å². The van der Waals surface area contributed by atoms with Crippen LogP contribution < -0.4 is 5.32 Å². The molecule has 2 aliphatic carbocycles. The summed E-state index contributed by atoms with van der Waals surface area (Å²) in [5.74, 6) is 4.79. The maximum Gasteiger partial charge on any atom is 0.0108 e. The van der Waals surface area contributed by atoms with Crippen LogP contribution in [0.3, 0.4) is 0 Å². The number of nitrogens with zero attached hydrogens (tertiary/aromatic N) is 1. The van der Waals surface area contributed by atoms with E-state index in [9.17, 15) is 0 Å². The fourth-order valence-electron chi connectivity index (χ4n) is 3.73. The Bertz CT molecular complexity index is 228. The summed E-state index contributed by atoms with van der Waals surface area (Å²) in [6.45, 7) is 5.11. The number of thioether (sulfide) groups is 1. The first kappa shape index (κ1) is 11.4. The molecule has 0 aromatic heterocycles. The lowest BCUT2D eigenvalue weighted by Crippen LogP contribution is -2.42. The van der Waals surface area contributed by atoms with Crippen molar-refractivity contribution in [3.63, 3.8) is 0 Å². The predicted octanol–water partition coefficient (Wildman–Crippen LogP) is 1.81. The van der Waals surface area contributed by atoms with Crippen molar-refractivity contribution < 1.29 is 0 Å². The van der Waals surface area contributed by atoms with Crippen LogP contribution in [0.1, 0.15) is 25.7 Å². The highest BCUT2D eigenvalue weighted by Crippen LogP contribution is 2.44. The minimum Gasteiger partial charge on any atom is -0.312 e. The zero-order chi connectivity index (χ0) is 10.8. The molecule has 2 saturated carbocycles. The first-order valence-electron chi connectivity index (χ1n) is 6.95. The largest absolute Gasteiger partial charge is 0.312 e. The minimum atomic E-state index is 0.873. The molecule has 0 aromatic carbocycles. The van der Waals surface area contributed by atoms with Gasteiger partial charge in [0.15, 0.2) is 0 Å². The van der Waals surface area contributed by atoms with Crippen molar-refractivity contribution in [3.8, 4) is 0 Å². The van der Waals surface area contributed by atoms with E-state index in [1.807, 2.05) is 0 Å². The normalized spacial score (nSPS) is 39.4. The number of fused-ring (bicyclic) bond motifs is 2. The van der Waals surface area contributed by atoms with Gasteiger partial charge < -0.3 is 10.2 Å². The van der Waals surface area contributed by atoms with E-state index in [0.717, 1.165) is 17.9 Å². The summed E-state index contributed by atoms with van der Waals surface area (Å²) >= 11 is 2.11. The fraction of sp³-hybridized carbons (Fsp3) is 1.00. The summed E-state index contributed by atoms with van der Waals surface area (Å²) in [7, 11) is 0. The van der Waals surface area contributed by atoms with Crippen LogP contribution in [-0.2, 0) is 0 Å². The zero-order valence-electron chi connectivity index (χ0n) is 10.2. The second-order valence-corrected chi connectivity index (χ2v) is 6.91. The predicted molar refractivity (Wildman–Crippen MR) is 71.0 cm³/mol. The molecule has 1 N–H and O–H groups in total. The van der Waals surface area contributed by atoms with Gasteiger partial charge in [0.05, 0.1) is 0 Å². The second kappa shape index (κ2) is 5.28. The van der Waals surface area contributed by atoms with Crippen molar-refractivity contribution in [2.75, 3.05) is 37.7 Å². The molecule has 3 atom stereocenters. The van der Waals surface area contributed by atoms with Gasteiger partial charge in [-0.15, -0.1) is 0 Å². The van der Waals surface area contributed by atoms with Crippen molar-refractivity contribution >= 4 is 11.8 Å². The standard InChI is InChI=1S/C13H24N2S/c1-2-12-9-11(1)10-13(12)14-3-4-15-5-7-16-8-6-15/h11-14H,1-10H2. The molecule has 0 spiro atoms. The van der Waals surface area contributed by atoms with Crippen molar-refractivity contribution in [2.24, 2.45) is 11.8 Å². The molecular formula is C13H24N2S. The average Bonchev–Trinajstić information content (AvgIpc) is 2.92. The summed E-state index contributed by atoms with van der Waals surface area (Å²) in [5.41, 5.74) is 0. The van der Waals surface area contributed by atoms with Crippen molar-refractivity contribution in [1.82, 2.24) is 10.2 Å². The molecular weight excluding hydrogens is 216 g/mol. The van der Waals surface area contributed by atoms with Gasteiger partial charge in [0.25, 0.3) is 0 Å². The average molecular weight is 240 g/mol. The second-order valence-electron chi connectivity index (χ2n) is 5.69. The molecule has 0 amide bonds. The Labute approximate surface area is 104 Å². The highest BCUT2D eigenvalue weighted by Gasteiger charge is 2.38. The Morgan fingerprint density at radius 3 is 2.69 bits per heavy atom. The molecule has 3 fully saturated rings. The number of nitrogens with one attached hydrogen (secondary N) is 1. The Hall–Kier alpha value is 0.270. The lowest BCUT2D eigenvalue weighted by molar-refractivity contribution is 0.279. The van der Waals surface area contributed by atoms with E-state index in [0.29, 0.717) is 0 Å². The van der Waals surface area contributed by atoms with Gasteiger partial charge in [-0.2, -0.15) is 11.8 Å². The van der Waals surface area contributed by atoms with E-state index >= 15 is 0 Å². The van der Waals surface area contributed by atoms with Crippen LogP contribution in [0.2, 0.25) is 0 Å². The molecule has 16 heavy (non-hydrogen) atoms. The van der Waals surface area contributed by atoms with Gasteiger partial charge in [-0.25, -0.2) is 0 Å². The van der Waals surface area contributed by atoms with Gasteiger partial charge in [0.2, 0.25) is 0 Å². The van der Waals surface area contributed by atoms with Crippen LogP contribution in [-0.4, -0.2) is 48.6 Å². The highest BCUT2D eigenvalue weighted by molar-refractivity contribution is 7.99.